The summed E-state index contributed by atoms with van der Waals surface area (Å²) in [5.74, 6) is -4.62. The summed E-state index contributed by atoms with van der Waals surface area (Å²) in [7, 11) is 0. The van der Waals surface area contributed by atoms with Gasteiger partial charge in [-0.3, -0.25) is 24.0 Å². The van der Waals surface area contributed by atoms with Crippen LogP contribution in [0.15, 0.2) is 22.8 Å². The quantitative estimate of drug-likeness (QED) is 0.180. The molecule has 0 radical (unpaired) electrons. The number of carbonyl (C=O) groups excluding carboxylic acids is 6. The second kappa shape index (κ2) is 16.8. The molecule has 0 aromatic carbocycles. The molecule has 16 nitrogen and oxygen atoms in total. The predicted molar refractivity (Wildman–Crippen MR) is 208 cm³/mol. The van der Waals surface area contributed by atoms with Crippen molar-refractivity contribution in [2.24, 2.45) is 28.6 Å². The van der Waals surface area contributed by atoms with Crippen LogP contribution in [0.25, 0.3) is 0 Å². The average Bonchev–Trinajstić information content (AvgIpc) is 3.43. The first-order valence-electron chi connectivity index (χ1n) is 21.1. The molecular weight excluding hydrogens is 784 g/mol. The SMILES string of the molecule is CC(=O)OC[C@H]1O[C@@H](O[C@@H]2CC3=CC[C@@H]4[C@H](CC[C@]5(C)[C@@H]([C@@](C)(O)[C@H]6CC(C)=C(C)C(=O)O6)CC[C@@]45O)[C@@]3(C)[C@@H](OC(C)=O)C2)[C@H](OC(C)=O)[C@@H](OC(C)=O)[C@@H]1OC(C)=O. The average molecular weight is 847 g/mol. The van der Waals surface area contributed by atoms with Gasteiger partial charge in [0.2, 0.25) is 0 Å². The Bertz CT molecular complexity index is 1820. The molecule has 0 amide bonds. The Hall–Kier alpha value is -3.86. The summed E-state index contributed by atoms with van der Waals surface area (Å²) in [5, 5.41) is 25.3. The molecule has 334 valence electrons. The number of esters is 6. The van der Waals surface area contributed by atoms with Gasteiger partial charge >= 0.3 is 35.8 Å². The minimum atomic E-state index is -1.42. The Morgan fingerprint density at radius 2 is 1.45 bits per heavy atom. The molecule has 6 rings (SSSR count). The number of allylic oxidation sites excluding steroid dienone is 1. The van der Waals surface area contributed by atoms with Crippen molar-refractivity contribution in [3.63, 3.8) is 0 Å². The van der Waals surface area contributed by atoms with E-state index in [4.69, 9.17) is 37.9 Å². The third-order valence-electron chi connectivity index (χ3n) is 14.9. The highest BCUT2D eigenvalue weighted by molar-refractivity contribution is 5.89. The first kappa shape index (κ1) is 45.7. The number of ether oxygens (including phenoxy) is 8. The lowest BCUT2D eigenvalue weighted by molar-refractivity contribution is -0.320. The van der Waals surface area contributed by atoms with Crippen molar-refractivity contribution < 1.29 is 76.9 Å². The Morgan fingerprint density at radius 3 is 2.05 bits per heavy atom. The Labute approximate surface area is 350 Å². The maximum absolute atomic E-state index is 13.0. The maximum Gasteiger partial charge on any atom is 0.334 e. The molecule has 1 saturated heterocycles. The first-order chi connectivity index (χ1) is 27.9. The maximum atomic E-state index is 13.0. The fourth-order valence-corrected chi connectivity index (χ4v) is 11.9. The monoisotopic (exact) mass is 846 g/mol. The zero-order chi connectivity index (χ0) is 44.3. The van der Waals surface area contributed by atoms with Gasteiger partial charge in [-0.2, -0.15) is 0 Å². The van der Waals surface area contributed by atoms with Gasteiger partial charge in [0.15, 0.2) is 24.6 Å². The summed E-state index contributed by atoms with van der Waals surface area (Å²) in [6.07, 6.45) is -3.24. The fraction of sp³-hybridized carbons (Fsp3) is 0.773. The van der Waals surface area contributed by atoms with E-state index in [2.05, 4.69) is 19.9 Å². The molecule has 4 fully saturated rings. The third-order valence-corrected chi connectivity index (χ3v) is 14.9. The number of fused-ring (bicyclic) bond motifs is 5. The highest BCUT2D eigenvalue weighted by Crippen LogP contribution is 2.70. The van der Waals surface area contributed by atoms with Crippen molar-refractivity contribution in [2.75, 3.05) is 6.61 Å². The molecule has 2 aliphatic heterocycles. The topological polar surface area (TPSA) is 217 Å². The van der Waals surface area contributed by atoms with Crippen LogP contribution in [0.2, 0.25) is 0 Å². The number of cyclic esters (lactones) is 1. The van der Waals surface area contributed by atoms with Crippen molar-refractivity contribution >= 4 is 35.8 Å². The molecule has 3 saturated carbocycles. The molecule has 0 aromatic heterocycles. The highest BCUT2D eigenvalue weighted by Gasteiger charge is 2.71. The van der Waals surface area contributed by atoms with Gasteiger partial charge in [-0.05, 0) is 77.0 Å². The molecule has 6 aliphatic rings. The van der Waals surface area contributed by atoms with Crippen molar-refractivity contribution in [1.29, 1.82) is 0 Å². The van der Waals surface area contributed by atoms with Gasteiger partial charge in [-0.1, -0.05) is 31.1 Å². The van der Waals surface area contributed by atoms with Gasteiger partial charge in [-0.15, -0.1) is 0 Å². The minimum Gasteiger partial charge on any atom is -0.463 e. The van der Waals surface area contributed by atoms with E-state index < -0.39 is 113 Å². The van der Waals surface area contributed by atoms with Crippen LogP contribution in [0, 0.1) is 28.6 Å². The zero-order valence-electron chi connectivity index (χ0n) is 36.4. The van der Waals surface area contributed by atoms with Crippen molar-refractivity contribution in [1.82, 2.24) is 0 Å². The standard InChI is InChI=1S/C44H62O16/c1-21-17-35(60-39(50)22(21)2)43(10,51)33-14-16-44(52)31-12-11-28-18-29(19-34(54-24(4)46)42(28,9)30(31)13-15-41(33,44)8)58-40-38(57-27(7)49)37(56-26(6)48)36(55-25(5)47)32(59-40)20-53-23(3)45/h11,29-38,40,51-52H,12-20H2,1-10H3/t29-,30+,31-,32-,33+,34+,35-,36-,37+,38-,40-,41-,42+,43-,44-/m1/s1. The Kier molecular flexibility index (Phi) is 12.8. The summed E-state index contributed by atoms with van der Waals surface area (Å²) < 4.78 is 46.8. The molecule has 16 heteroatoms. The minimum absolute atomic E-state index is 0.129. The second-order valence-corrected chi connectivity index (χ2v) is 18.5. The summed E-state index contributed by atoms with van der Waals surface area (Å²) in [5.41, 5.74) is -1.67. The van der Waals surface area contributed by atoms with Crippen LogP contribution in [0.4, 0.5) is 0 Å². The van der Waals surface area contributed by atoms with Gasteiger partial charge < -0.3 is 48.1 Å². The summed E-state index contributed by atoms with van der Waals surface area (Å²) in [6.45, 7) is 15.0. The Balaban J connectivity index is 1.30. The van der Waals surface area contributed by atoms with Crippen molar-refractivity contribution in [3.8, 4) is 0 Å². The van der Waals surface area contributed by atoms with E-state index in [1.165, 1.54) is 13.8 Å². The molecule has 0 spiro atoms. The summed E-state index contributed by atoms with van der Waals surface area (Å²) in [4.78, 5) is 74.6. The molecule has 60 heavy (non-hydrogen) atoms. The summed E-state index contributed by atoms with van der Waals surface area (Å²) >= 11 is 0. The van der Waals surface area contributed by atoms with E-state index in [-0.39, 0.29) is 24.2 Å². The van der Waals surface area contributed by atoms with Gasteiger partial charge in [0.05, 0.1) is 11.7 Å². The molecule has 0 bridgehead atoms. The van der Waals surface area contributed by atoms with Crippen LogP contribution in [0.3, 0.4) is 0 Å². The van der Waals surface area contributed by atoms with Crippen LogP contribution in [0.5, 0.6) is 0 Å². The predicted octanol–water partition coefficient (Wildman–Crippen LogP) is 4.09. The lowest BCUT2D eigenvalue weighted by Crippen LogP contribution is -2.66. The number of hydrogen-bond acceptors (Lipinski definition) is 16. The fourth-order valence-electron chi connectivity index (χ4n) is 11.9. The number of rotatable bonds is 10. The Morgan fingerprint density at radius 1 is 0.833 bits per heavy atom. The molecule has 15 atom stereocenters. The van der Waals surface area contributed by atoms with E-state index >= 15 is 0 Å². The van der Waals surface area contributed by atoms with E-state index in [0.717, 1.165) is 31.9 Å². The molecule has 2 N–H and O–H groups in total. The van der Waals surface area contributed by atoms with E-state index in [0.29, 0.717) is 50.5 Å². The van der Waals surface area contributed by atoms with Crippen LogP contribution >= 0.6 is 0 Å². The summed E-state index contributed by atoms with van der Waals surface area (Å²) in [6, 6.07) is 0. The molecule has 0 unspecified atom stereocenters. The number of carbonyl (C=O) groups is 6. The van der Waals surface area contributed by atoms with Crippen molar-refractivity contribution in [3.05, 3.63) is 22.8 Å². The highest BCUT2D eigenvalue weighted by atomic mass is 16.7. The smallest absolute Gasteiger partial charge is 0.334 e. The normalized spacial score (nSPS) is 40.9. The molecule has 4 aliphatic carbocycles. The van der Waals surface area contributed by atoms with Gasteiger partial charge in [-0.25, -0.2) is 4.79 Å². The lowest BCUT2D eigenvalue weighted by atomic mass is 9.44. The van der Waals surface area contributed by atoms with Gasteiger partial charge in [0.1, 0.15) is 30.5 Å². The van der Waals surface area contributed by atoms with Gasteiger partial charge in [0, 0.05) is 63.9 Å². The third kappa shape index (κ3) is 8.13. The largest absolute Gasteiger partial charge is 0.463 e. The van der Waals surface area contributed by atoms with E-state index in [1.54, 1.807) is 13.8 Å². The van der Waals surface area contributed by atoms with E-state index in [9.17, 15) is 39.0 Å². The van der Waals surface area contributed by atoms with E-state index in [1.807, 2.05) is 6.92 Å². The van der Waals surface area contributed by atoms with Crippen LogP contribution in [-0.2, 0) is 66.7 Å². The van der Waals surface area contributed by atoms with Gasteiger partial charge in [0.25, 0.3) is 0 Å². The molecule has 0 aromatic rings. The number of aliphatic hydroxyl groups is 2. The molecule has 2 heterocycles. The van der Waals surface area contributed by atoms with Crippen LogP contribution < -0.4 is 0 Å². The van der Waals surface area contributed by atoms with Crippen LogP contribution in [-0.4, -0.2) is 113 Å². The van der Waals surface area contributed by atoms with Crippen molar-refractivity contribution in [2.45, 2.75) is 181 Å². The number of hydrogen-bond donors (Lipinski definition) is 2. The van der Waals surface area contributed by atoms with Crippen LogP contribution in [0.1, 0.15) is 121 Å². The first-order valence-corrected chi connectivity index (χ1v) is 21.1. The second-order valence-electron chi connectivity index (χ2n) is 18.5. The zero-order valence-corrected chi connectivity index (χ0v) is 36.4. The molecular formula is C44H62O16. The lowest BCUT2D eigenvalue weighted by Gasteiger charge is -2.63.